The summed E-state index contributed by atoms with van der Waals surface area (Å²) >= 11 is 2.61. The summed E-state index contributed by atoms with van der Waals surface area (Å²) in [7, 11) is 0. The summed E-state index contributed by atoms with van der Waals surface area (Å²) in [4.78, 5) is 13.9. The van der Waals surface area contributed by atoms with E-state index >= 15 is 0 Å². The van der Waals surface area contributed by atoms with E-state index in [0.717, 1.165) is 16.2 Å². The lowest BCUT2D eigenvalue weighted by molar-refractivity contribution is 0.625. The van der Waals surface area contributed by atoms with Crippen molar-refractivity contribution in [1.82, 2.24) is 4.57 Å². The molecule has 138 valence electrons. The molecule has 0 amide bonds. The number of hydrogen-bond acceptors (Lipinski definition) is 5. The van der Waals surface area contributed by atoms with E-state index < -0.39 is 5.82 Å². The van der Waals surface area contributed by atoms with Gasteiger partial charge in [-0.2, -0.15) is 10.5 Å². The van der Waals surface area contributed by atoms with Crippen molar-refractivity contribution in [1.29, 1.82) is 10.5 Å². The third-order valence-corrected chi connectivity index (χ3v) is 5.99. The van der Waals surface area contributed by atoms with Gasteiger partial charge in [0.1, 0.15) is 22.6 Å². The van der Waals surface area contributed by atoms with Crippen LogP contribution in [-0.4, -0.2) is 10.3 Å². The Bertz CT molecular complexity index is 1230. The standard InChI is InChI=1S/C21H14FN3OS2/c22-18-9-5-4-6-15(18)12-19-20(26)25(21(28-19)16(13-23)14-24)10-11-27-17-7-2-1-3-8-17/h1-9,12H,10-11H2/b19-12-. The third kappa shape index (κ3) is 4.40. The molecule has 0 spiro atoms. The maximum absolute atomic E-state index is 13.9. The molecular weight excluding hydrogens is 393 g/mol. The predicted molar refractivity (Wildman–Crippen MR) is 110 cm³/mol. The molecule has 7 heteroatoms. The molecule has 0 radical (unpaired) electrons. The Morgan fingerprint density at radius 3 is 2.46 bits per heavy atom. The van der Waals surface area contributed by atoms with Crippen molar-refractivity contribution < 1.29 is 4.39 Å². The van der Waals surface area contributed by atoms with Gasteiger partial charge in [0.05, 0.1) is 4.53 Å². The summed E-state index contributed by atoms with van der Waals surface area (Å²) in [6.07, 6.45) is 1.46. The number of hydrogen-bond donors (Lipinski definition) is 0. The van der Waals surface area contributed by atoms with Gasteiger partial charge in [-0.3, -0.25) is 9.36 Å². The number of rotatable bonds is 5. The molecule has 0 fully saturated rings. The highest BCUT2D eigenvalue weighted by Gasteiger charge is 2.10. The van der Waals surface area contributed by atoms with Crippen LogP contribution in [0.4, 0.5) is 4.39 Å². The van der Waals surface area contributed by atoms with Crippen LogP contribution in [0.1, 0.15) is 5.56 Å². The van der Waals surface area contributed by atoms with Crippen molar-refractivity contribution in [2.45, 2.75) is 11.4 Å². The first-order valence-electron chi connectivity index (χ1n) is 8.32. The van der Waals surface area contributed by atoms with Crippen molar-refractivity contribution in [3.05, 3.63) is 85.5 Å². The number of nitriles is 2. The fraction of sp³-hybridized carbons (Fsp3) is 0.0952. The highest BCUT2D eigenvalue weighted by molar-refractivity contribution is 7.99. The van der Waals surface area contributed by atoms with Crippen LogP contribution in [0.25, 0.3) is 11.6 Å². The summed E-state index contributed by atoms with van der Waals surface area (Å²) in [5, 5.41) is 18.5. The third-order valence-electron chi connectivity index (χ3n) is 3.86. The van der Waals surface area contributed by atoms with Gasteiger partial charge in [-0.05, 0) is 24.3 Å². The average Bonchev–Trinajstić information content (AvgIpc) is 3.01. The second kappa shape index (κ2) is 9.18. The zero-order valence-electron chi connectivity index (χ0n) is 14.6. The van der Waals surface area contributed by atoms with Crippen LogP contribution >= 0.6 is 23.1 Å². The van der Waals surface area contributed by atoms with Gasteiger partial charge in [0.2, 0.25) is 0 Å². The van der Waals surface area contributed by atoms with Crippen molar-refractivity contribution in [2.75, 3.05) is 5.75 Å². The van der Waals surface area contributed by atoms with Crippen molar-refractivity contribution in [3.8, 4) is 12.1 Å². The molecule has 0 aliphatic heterocycles. The van der Waals surface area contributed by atoms with E-state index in [-0.39, 0.29) is 21.2 Å². The molecule has 3 aromatic rings. The van der Waals surface area contributed by atoms with Gasteiger partial charge in [-0.1, -0.05) is 36.4 Å². The van der Waals surface area contributed by atoms with Crippen LogP contribution in [0, 0.1) is 28.5 Å². The average molecular weight is 407 g/mol. The number of nitrogens with zero attached hydrogens (tertiary/aromatic N) is 3. The SMILES string of the molecule is N#CC(C#N)=c1s/c(=C\c2ccccc2F)c(=O)n1CCSc1ccccc1. The van der Waals surface area contributed by atoms with Crippen molar-refractivity contribution >= 4 is 34.7 Å². The molecule has 1 heterocycles. The molecule has 0 aliphatic carbocycles. The quantitative estimate of drug-likeness (QED) is 0.610. The number of benzene rings is 2. The Balaban J connectivity index is 2.04. The minimum absolute atomic E-state index is 0.125. The van der Waals surface area contributed by atoms with E-state index in [9.17, 15) is 19.7 Å². The topological polar surface area (TPSA) is 69.6 Å². The number of aromatic nitrogens is 1. The van der Waals surface area contributed by atoms with E-state index in [2.05, 4.69) is 0 Å². The van der Waals surface area contributed by atoms with Crippen LogP contribution in [0.5, 0.6) is 0 Å². The molecule has 0 bridgehead atoms. The fourth-order valence-electron chi connectivity index (χ4n) is 2.53. The van der Waals surface area contributed by atoms with E-state index in [1.165, 1.54) is 16.7 Å². The molecule has 2 aromatic carbocycles. The van der Waals surface area contributed by atoms with E-state index in [0.29, 0.717) is 17.0 Å². The number of thioether (sulfide) groups is 1. The van der Waals surface area contributed by atoms with Crippen LogP contribution in [0.3, 0.4) is 0 Å². The smallest absolute Gasteiger partial charge is 0.269 e. The molecule has 0 atom stereocenters. The Labute approximate surface area is 169 Å². The summed E-state index contributed by atoms with van der Waals surface area (Å²) < 4.78 is 16.0. The molecule has 0 aliphatic rings. The molecule has 28 heavy (non-hydrogen) atoms. The molecular formula is C21H14FN3OS2. The van der Waals surface area contributed by atoms with Crippen LogP contribution in [0.15, 0.2) is 64.3 Å². The summed E-state index contributed by atoms with van der Waals surface area (Å²) in [6.45, 7) is 0.336. The lowest BCUT2D eigenvalue weighted by Crippen LogP contribution is -2.32. The van der Waals surface area contributed by atoms with Gasteiger partial charge in [0, 0.05) is 22.8 Å². The molecule has 3 rings (SSSR count). The van der Waals surface area contributed by atoms with Gasteiger partial charge in [-0.25, -0.2) is 4.39 Å². The summed E-state index contributed by atoms with van der Waals surface area (Å²) in [5.74, 6) is 0.157. The highest BCUT2D eigenvalue weighted by Crippen LogP contribution is 2.16. The zero-order valence-corrected chi connectivity index (χ0v) is 16.3. The van der Waals surface area contributed by atoms with Gasteiger partial charge in [0.25, 0.3) is 5.56 Å². The normalized spacial score (nSPS) is 11.0. The molecule has 0 unspecified atom stereocenters. The maximum Gasteiger partial charge on any atom is 0.269 e. The Hall–Kier alpha value is -3.13. The van der Waals surface area contributed by atoms with Gasteiger partial charge >= 0.3 is 0 Å². The van der Waals surface area contributed by atoms with Gasteiger partial charge in [-0.15, -0.1) is 23.1 Å². The largest absolute Gasteiger partial charge is 0.296 e. The first-order valence-corrected chi connectivity index (χ1v) is 10.1. The fourth-order valence-corrected chi connectivity index (χ4v) is 4.46. The lowest BCUT2D eigenvalue weighted by Gasteiger charge is -2.03. The first-order chi connectivity index (χ1) is 13.6. The molecule has 0 saturated heterocycles. The first kappa shape index (κ1) is 19.6. The zero-order chi connectivity index (χ0) is 19.9. The summed E-state index contributed by atoms with van der Waals surface area (Å²) in [5.41, 5.74) is -0.173. The minimum Gasteiger partial charge on any atom is -0.296 e. The number of halogens is 1. The van der Waals surface area contributed by atoms with Crippen molar-refractivity contribution in [2.24, 2.45) is 0 Å². The number of thiazole rings is 1. The van der Waals surface area contributed by atoms with Crippen molar-refractivity contribution in [3.63, 3.8) is 0 Å². The van der Waals surface area contributed by atoms with Crippen LogP contribution in [-0.2, 0) is 6.54 Å². The summed E-state index contributed by atoms with van der Waals surface area (Å²) in [6, 6.07) is 19.6. The predicted octanol–water partition coefficient (Wildman–Crippen LogP) is 2.87. The molecule has 4 nitrogen and oxygen atoms in total. The van der Waals surface area contributed by atoms with Crippen LogP contribution in [0.2, 0.25) is 0 Å². The Kier molecular flexibility index (Phi) is 6.44. The molecule has 0 saturated carbocycles. The second-order valence-electron chi connectivity index (χ2n) is 5.65. The molecule has 0 N–H and O–H groups in total. The van der Waals surface area contributed by atoms with E-state index in [1.54, 1.807) is 30.0 Å². The van der Waals surface area contributed by atoms with E-state index in [1.807, 2.05) is 42.5 Å². The maximum atomic E-state index is 13.9. The Morgan fingerprint density at radius 2 is 1.79 bits per heavy atom. The van der Waals surface area contributed by atoms with Crippen LogP contribution < -0.4 is 14.8 Å². The van der Waals surface area contributed by atoms with E-state index in [4.69, 9.17) is 0 Å². The lowest BCUT2D eigenvalue weighted by atomic mass is 10.2. The van der Waals surface area contributed by atoms with Gasteiger partial charge in [0.15, 0.2) is 5.57 Å². The molecule has 1 aromatic heterocycles. The minimum atomic E-state index is -0.437. The second-order valence-corrected chi connectivity index (χ2v) is 7.85. The highest BCUT2D eigenvalue weighted by atomic mass is 32.2. The monoisotopic (exact) mass is 407 g/mol. The Morgan fingerprint density at radius 1 is 1.11 bits per heavy atom. The van der Waals surface area contributed by atoms with Gasteiger partial charge < -0.3 is 0 Å².